The summed E-state index contributed by atoms with van der Waals surface area (Å²) in [5.41, 5.74) is -0.452. The molecule has 5 nitrogen and oxygen atoms in total. The Kier molecular flexibility index (Phi) is 8.18. The van der Waals surface area contributed by atoms with Gasteiger partial charge in [-0.2, -0.15) is 0 Å². The van der Waals surface area contributed by atoms with Gasteiger partial charge in [0.25, 0.3) is 0 Å². The van der Waals surface area contributed by atoms with Crippen LogP contribution >= 0.6 is 0 Å². The lowest BCUT2D eigenvalue weighted by Crippen LogP contribution is -2.34. The van der Waals surface area contributed by atoms with Crippen LogP contribution in [0.25, 0.3) is 0 Å². The summed E-state index contributed by atoms with van der Waals surface area (Å²) >= 11 is 0. The van der Waals surface area contributed by atoms with E-state index in [2.05, 4.69) is 5.32 Å². The molecule has 0 bridgehead atoms. The van der Waals surface area contributed by atoms with E-state index in [0.29, 0.717) is 12.5 Å². The van der Waals surface area contributed by atoms with E-state index >= 15 is 0 Å². The van der Waals surface area contributed by atoms with Crippen LogP contribution in [0.15, 0.2) is 0 Å². The highest BCUT2D eigenvalue weighted by Gasteiger charge is 2.26. The Hall–Kier alpha value is -0.810. The lowest BCUT2D eigenvalue weighted by molar-refractivity contribution is -0.0720. The van der Waals surface area contributed by atoms with E-state index in [1.54, 1.807) is 0 Å². The van der Waals surface area contributed by atoms with Gasteiger partial charge in [-0.05, 0) is 59.3 Å². The second-order valence-corrected chi connectivity index (χ2v) is 7.28. The molecular weight excluding hydrogens is 282 g/mol. The maximum absolute atomic E-state index is 11.6. The zero-order valence-electron chi connectivity index (χ0n) is 14.6. The monoisotopic (exact) mass is 315 g/mol. The number of carbonyl (C=O) groups is 1. The molecule has 2 N–H and O–H groups in total. The van der Waals surface area contributed by atoms with E-state index in [0.717, 1.165) is 19.3 Å². The molecule has 0 heterocycles. The summed E-state index contributed by atoms with van der Waals surface area (Å²) in [6.07, 6.45) is 6.48. The fourth-order valence-corrected chi connectivity index (χ4v) is 2.89. The average Bonchev–Trinajstić information content (AvgIpc) is 2.43. The van der Waals surface area contributed by atoms with Crippen LogP contribution < -0.4 is 5.32 Å². The molecule has 5 heteroatoms. The summed E-state index contributed by atoms with van der Waals surface area (Å²) in [7, 11) is 0. The Morgan fingerprint density at radius 3 is 2.64 bits per heavy atom. The molecule has 0 saturated heterocycles. The first-order valence-electron chi connectivity index (χ1n) is 8.55. The maximum Gasteiger partial charge on any atom is 0.407 e. The van der Waals surface area contributed by atoms with Crippen LogP contribution in [-0.4, -0.2) is 42.2 Å². The van der Waals surface area contributed by atoms with E-state index in [9.17, 15) is 4.79 Å². The molecule has 0 spiro atoms. The van der Waals surface area contributed by atoms with E-state index < -0.39 is 5.60 Å². The number of amides is 1. The summed E-state index contributed by atoms with van der Waals surface area (Å²) in [4.78, 5) is 11.6. The quantitative estimate of drug-likeness (QED) is 0.708. The third-order valence-electron chi connectivity index (χ3n) is 3.92. The molecule has 0 aromatic carbocycles. The van der Waals surface area contributed by atoms with Gasteiger partial charge in [-0.1, -0.05) is 12.8 Å². The maximum atomic E-state index is 11.6. The van der Waals surface area contributed by atoms with Crippen molar-refractivity contribution < 1.29 is 19.4 Å². The van der Waals surface area contributed by atoms with Crippen molar-refractivity contribution in [1.82, 2.24) is 5.32 Å². The van der Waals surface area contributed by atoms with Crippen molar-refractivity contribution in [3.8, 4) is 0 Å². The van der Waals surface area contributed by atoms with Gasteiger partial charge in [0.2, 0.25) is 0 Å². The SMILES string of the molecule is CC(CO)OC1CCCCC1CCCNC(=O)OC(C)(C)C. The smallest absolute Gasteiger partial charge is 0.407 e. The number of hydrogen-bond donors (Lipinski definition) is 2. The first-order chi connectivity index (χ1) is 10.3. The zero-order valence-corrected chi connectivity index (χ0v) is 14.6. The number of nitrogens with one attached hydrogen (secondary N) is 1. The molecule has 0 aromatic rings. The van der Waals surface area contributed by atoms with E-state index in [4.69, 9.17) is 14.6 Å². The number of ether oxygens (including phenoxy) is 2. The highest BCUT2D eigenvalue weighted by Crippen LogP contribution is 2.30. The van der Waals surface area contributed by atoms with Crippen molar-refractivity contribution in [2.24, 2.45) is 5.92 Å². The molecule has 0 radical (unpaired) electrons. The van der Waals surface area contributed by atoms with Crippen LogP contribution in [-0.2, 0) is 9.47 Å². The van der Waals surface area contributed by atoms with Gasteiger partial charge in [0.05, 0.1) is 18.8 Å². The molecule has 22 heavy (non-hydrogen) atoms. The van der Waals surface area contributed by atoms with Crippen molar-refractivity contribution in [1.29, 1.82) is 0 Å². The van der Waals surface area contributed by atoms with Crippen molar-refractivity contribution in [2.75, 3.05) is 13.2 Å². The lowest BCUT2D eigenvalue weighted by Gasteiger charge is -2.33. The highest BCUT2D eigenvalue weighted by molar-refractivity contribution is 5.67. The molecule has 3 unspecified atom stereocenters. The molecule has 1 aliphatic rings. The molecule has 3 atom stereocenters. The Bertz CT molecular complexity index is 327. The van der Waals surface area contributed by atoms with Crippen molar-refractivity contribution >= 4 is 6.09 Å². The van der Waals surface area contributed by atoms with Gasteiger partial charge in [-0.25, -0.2) is 4.79 Å². The summed E-state index contributed by atoms with van der Waals surface area (Å²) in [5, 5.41) is 11.9. The molecular formula is C17H33NO4. The van der Waals surface area contributed by atoms with Gasteiger partial charge in [0.15, 0.2) is 0 Å². The molecule has 1 aliphatic carbocycles. The topological polar surface area (TPSA) is 67.8 Å². The second kappa shape index (κ2) is 9.36. The van der Waals surface area contributed by atoms with Crippen molar-refractivity contribution in [3.05, 3.63) is 0 Å². The van der Waals surface area contributed by atoms with E-state index in [1.165, 1.54) is 19.3 Å². The minimum Gasteiger partial charge on any atom is -0.444 e. The fourth-order valence-electron chi connectivity index (χ4n) is 2.89. The first-order valence-corrected chi connectivity index (χ1v) is 8.55. The highest BCUT2D eigenvalue weighted by atomic mass is 16.6. The predicted octanol–water partition coefficient (Wildman–Crippen LogP) is 3.25. The molecule has 1 amide bonds. The van der Waals surface area contributed by atoms with Crippen LogP contribution in [0.4, 0.5) is 4.79 Å². The molecule has 0 aromatic heterocycles. The normalized spacial score (nSPS) is 23.9. The Labute approximate surface area is 134 Å². The standard InChI is InChI=1S/C17H33NO4/c1-13(12-19)21-15-10-6-5-8-14(15)9-7-11-18-16(20)22-17(2,3)4/h13-15,19H,5-12H2,1-4H3,(H,18,20). The van der Waals surface area contributed by atoms with Gasteiger partial charge < -0.3 is 19.9 Å². The largest absolute Gasteiger partial charge is 0.444 e. The van der Waals surface area contributed by atoms with Crippen LogP contribution in [0.1, 0.15) is 66.2 Å². The van der Waals surface area contributed by atoms with Crippen LogP contribution in [0, 0.1) is 5.92 Å². The van der Waals surface area contributed by atoms with E-state index in [-0.39, 0.29) is 24.9 Å². The van der Waals surface area contributed by atoms with Crippen molar-refractivity contribution in [3.63, 3.8) is 0 Å². The first kappa shape index (κ1) is 19.2. The summed E-state index contributed by atoms with van der Waals surface area (Å²) in [5.74, 6) is 0.531. The minimum atomic E-state index is -0.452. The van der Waals surface area contributed by atoms with Crippen molar-refractivity contribution in [2.45, 2.75) is 84.0 Å². The summed E-state index contributed by atoms with van der Waals surface area (Å²) < 4.78 is 11.2. The molecule has 0 aliphatic heterocycles. The molecule has 1 saturated carbocycles. The van der Waals surface area contributed by atoms with Gasteiger partial charge in [-0.15, -0.1) is 0 Å². The van der Waals surface area contributed by atoms with Gasteiger partial charge in [0.1, 0.15) is 5.60 Å². The van der Waals surface area contributed by atoms with Crippen LogP contribution in [0.5, 0.6) is 0 Å². The molecule has 1 fully saturated rings. The van der Waals surface area contributed by atoms with E-state index in [1.807, 2.05) is 27.7 Å². The number of hydrogen-bond acceptors (Lipinski definition) is 4. The molecule has 130 valence electrons. The van der Waals surface area contributed by atoms with Crippen LogP contribution in [0.3, 0.4) is 0 Å². The lowest BCUT2D eigenvalue weighted by atomic mass is 9.83. The Morgan fingerprint density at radius 1 is 1.32 bits per heavy atom. The zero-order chi connectivity index (χ0) is 16.6. The van der Waals surface area contributed by atoms with Gasteiger partial charge in [-0.3, -0.25) is 0 Å². The Balaban J connectivity index is 2.25. The van der Waals surface area contributed by atoms with Gasteiger partial charge in [0, 0.05) is 6.54 Å². The number of carbonyl (C=O) groups excluding carboxylic acids is 1. The van der Waals surface area contributed by atoms with Gasteiger partial charge >= 0.3 is 6.09 Å². The summed E-state index contributed by atoms with van der Waals surface area (Å²) in [6.45, 7) is 8.20. The number of aliphatic hydroxyl groups excluding tert-OH is 1. The van der Waals surface area contributed by atoms with Crippen LogP contribution in [0.2, 0.25) is 0 Å². The minimum absolute atomic E-state index is 0.0728. The third kappa shape index (κ3) is 7.99. The average molecular weight is 315 g/mol. The Morgan fingerprint density at radius 2 is 2.00 bits per heavy atom. The summed E-state index contributed by atoms with van der Waals surface area (Å²) in [6, 6.07) is 0. The third-order valence-corrected chi connectivity index (χ3v) is 3.92. The number of aliphatic hydroxyl groups is 1. The second-order valence-electron chi connectivity index (χ2n) is 7.28. The molecule has 1 rings (SSSR count). The number of rotatable bonds is 7. The predicted molar refractivity (Wildman–Crippen MR) is 86.8 cm³/mol. The fraction of sp³-hybridized carbons (Fsp3) is 0.941. The number of alkyl carbamates (subject to hydrolysis) is 1.